The average Bonchev–Trinajstić information content (AvgIpc) is 2.39. The quantitative estimate of drug-likeness (QED) is 0.885. The number of rotatable bonds is 3. The summed E-state index contributed by atoms with van der Waals surface area (Å²) in [6.07, 6.45) is 1.60. The SMILES string of the molecule is CC(C)CN1CCN(C(=O)c2cccnc2N)CC1. The second-order valence-corrected chi connectivity index (χ2v) is 5.42. The Labute approximate surface area is 114 Å². The van der Waals surface area contributed by atoms with Gasteiger partial charge < -0.3 is 10.6 Å². The van der Waals surface area contributed by atoms with Crippen molar-refractivity contribution < 1.29 is 4.79 Å². The summed E-state index contributed by atoms with van der Waals surface area (Å²) >= 11 is 0. The number of nitrogens with two attached hydrogens (primary N) is 1. The van der Waals surface area contributed by atoms with E-state index in [0.717, 1.165) is 32.7 Å². The zero-order chi connectivity index (χ0) is 13.8. The summed E-state index contributed by atoms with van der Waals surface area (Å²) in [5.41, 5.74) is 6.27. The highest BCUT2D eigenvalue weighted by Crippen LogP contribution is 2.13. The van der Waals surface area contributed by atoms with Gasteiger partial charge in [0.25, 0.3) is 5.91 Å². The molecule has 0 saturated carbocycles. The van der Waals surface area contributed by atoms with Gasteiger partial charge in [0.1, 0.15) is 5.82 Å². The standard InChI is InChI=1S/C14H22N4O/c1-11(2)10-17-6-8-18(9-7-17)14(19)12-4-3-5-16-13(12)15/h3-5,11H,6-10H2,1-2H3,(H2,15,16). The molecule has 2 heterocycles. The number of hydrogen-bond donors (Lipinski definition) is 1. The van der Waals surface area contributed by atoms with E-state index in [-0.39, 0.29) is 5.91 Å². The van der Waals surface area contributed by atoms with Gasteiger partial charge in [0, 0.05) is 38.9 Å². The molecule has 0 unspecified atom stereocenters. The van der Waals surface area contributed by atoms with Gasteiger partial charge in [-0.15, -0.1) is 0 Å². The lowest BCUT2D eigenvalue weighted by molar-refractivity contribution is 0.0624. The van der Waals surface area contributed by atoms with Crippen LogP contribution in [0, 0.1) is 5.92 Å². The largest absolute Gasteiger partial charge is 0.383 e. The van der Waals surface area contributed by atoms with Gasteiger partial charge in [0.15, 0.2) is 0 Å². The van der Waals surface area contributed by atoms with E-state index < -0.39 is 0 Å². The number of nitrogen functional groups attached to an aromatic ring is 1. The first-order valence-electron chi connectivity index (χ1n) is 6.80. The number of aromatic nitrogens is 1. The molecule has 1 aliphatic rings. The van der Waals surface area contributed by atoms with Crippen LogP contribution in [0.4, 0.5) is 5.82 Å². The highest BCUT2D eigenvalue weighted by molar-refractivity contribution is 5.98. The van der Waals surface area contributed by atoms with Crippen LogP contribution in [0.5, 0.6) is 0 Å². The zero-order valence-corrected chi connectivity index (χ0v) is 11.7. The highest BCUT2D eigenvalue weighted by atomic mass is 16.2. The highest BCUT2D eigenvalue weighted by Gasteiger charge is 2.23. The molecule has 2 N–H and O–H groups in total. The van der Waals surface area contributed by atoms with Gasteiger partial charge in [0.2, 0.25) is 0 Å². The Bertz CT molecular complexity index is 439. The summed E-state index contributed by atoms with van der Waals surface area (Å²) in [5.74, 6) is 0.975. The molecule has 19 heavy (non-hydrogen) atoms. The molecule has 1 aromatic heterocycles. The summed E-state index contributed by atoms with van der Waals surface area (Å²) in [5, 5.41) is 0. The Morgan fingerprint density at radius 2 is 2.05 bits per heavy atom. The molecule has 5 nitrogen and oxygen atoms in total. The minimum absolute atomic E-state index is 0.00482. The molecule has 2 rings (SSSR count). The van der Waals surface area contributed by atoms with Crippen molar-refractivity contribution in [1.29, 1.82) is 0 Å². The maximum absolute atomic E-state index is 12.3. The van der Waals surface area contributed by atoms with Gasteiger partial charge in [-0.05, 0) is 18.1 Å². The summed E-state index contributed by atoms with van der Waals surface area (Å²) in [4.78, 5) is 20.6. The van der Waals surface area contributed by atoms with Gasteiger partial charge in [-0.3, -0.25) is 9.69 Å². The van der Waals surface area contributed by atoms with Gasteiger partial charge in [-0.2, -0.15) is 0 Å². The zero-order valence-electron chi connectivity index (χ0n) is 11.7. The van der Waals surface area contributed by atoms with Crippen LogP contribution >= 0.6 is 0 Å². The lowest BCUT2D eigenvalue weighted by Crippen LogP contribution is -2.49. The normalized spacial score (nSPS) is 16.9. The summed E-state index contributed by atoms with van der Waals surface area (Å²) in [7, 11) is 0. The van der Waals surface area contributed by atoms with Crippen LogP contribution in [0.25, 0.3) is 0 Å². The molecule has 0 aromatic carbocycles. The van der Waals surface area contributed by atoms with Crippen molar-refractivity contribution in [3.05, 3.63) is 23.9 Å². The first-order chi connectivity index (χ1) is 9.08. The molecule has 0 bridgehead atoms. The fraction of sp³-hybridized carbons (Fsp3) is 0.571. The first-order valence-corrected chi connectivity index (χ1v) is 6.80. The van der Waals surface area contributed by atoms with Crippen LogP contribution in [0.15, 0.2) is 18.3 Å². The molecular weight excluding hydrogens is 240 g/mol. The Morgan fingerprint density at radius 3 is 2.63 bits per heavy atom. The van der Waals surface area contributed by atoms with E-state index >= 15 is 0 Å². The molecule has 1 aromatic rings. The first kappa shape index (κ1) is 13.8. The van der Waals surface area contributed by atoms with Crippen molar-refractivity contribution in [2.24, 2.45) is 5.92 Å². The summed E-state index contributed by atoms with van der Waals surface area (Å²) in [6, 6.07) is 3.49. The summed E-state index contributed by atoms with van der Waals surface area (Å²) in [6.45, 7) is 8.92. The third-order valence-electron chi connectivity index (χ3n) is 3.35. The van der Waals surface area contributed by atoms with Gasteiger partial charge in [-0.25, -0.2) is 4.98 Å². The van der Waals surface area contributed by atoms with Crippen LogP contribution in [-0.4, -0.2) is 53.4 Å². The molecule has 1 amide bonds. The molecule has 0 radical (unpaired) electrons. The topological polar surface area (TPSA) is 62.5 Å². The smallest absolute Gasteiger partial charge is 0.257 e. The van der Waals surface area contributed by atoms with E-state index in [0.29, 0.717) is 17.3 Å². The molecule has 0 spiro atoms. The number of piperazine rings is 1. The van der Waals surface area contributed by atoms with Crippen molar-refractivity contribution in [3.8, 4) is 0 Å². The van der Waals surface area contributed by atoms with Crippen LogP contribution in [-0.2, 0) is 0 Å². The van der Waals surface area contributed by atoms with E-state index in [1.165, 1.54) is 0 Å². The minimum Gasteiger partial charge on any atom is -0.383 e. The lowest BCUT2D eigenvalue weighted by atomic mass is 10.1. The van der Waals surface area contributed by atoms with Crippen LogP contribution < -0.4 is 5.73 Å². The Hall–Kier alpha value is -1.62. The molecule has 0 atom stereocenters. The van der Waals surface area contributed by atoms with Gasteiger partial charge in [-0.1, -0.05) is 13.8 Å². The predicted octanol–water partition coefficient (Wildman–Crippen LogP) is 1.08. The maximum atomic E-state index is 12.3. The summed E-state index contributed by atoms with van der Waals surface area (Å²) < 4.78 is 0. The Morgan fingerprint density at radius 1 is 1.37 bits per heavy atom. The fourth-order valence-corrected chi connectivity index (χ4v) is 2.42. The second-order valence-electron chi connectivity index (χ2n) is 5.42. The van der Waals surface area contributed by atoms with E-state index in [4.69, 9.17) is 5.73 Å². The van der Waals surface area contributed by atoms with Gasteiger partial charge in [0.05, 0.1) is 5.56 Å². The number of nitrogens with zero attached hydrogens (tertiary/aromatic N) is 3. The van der Waals surface area contributed by atoms with Gasteiger partial charge >= 0.3 is 0 Å². The van der Waals surface area contributed by atoms with E-state index in [2.05, 4.69) is 23.7 Å². The molecule has 5 heteroatoms. The molecule has 1 fully saturated rings. The minimum atomic E-state index is -0.00482. The van der Waals surface area contributed by atoms with Crippen molar-refractivity contribution >= 4 is 11.7 Å². The number of carbonyl (C=O) groups excluding carboxylic acids is 1. The van der Waals surface area contributed by atoms with E-state index in [1.807, 2.05) is 4.90 Å². The molecule has 104 valence electrons. The average molecular weight is 262 g/mol. The fourth-order valence-electron chi connectivity index (χ4n) is 2.42. The van der Waals surface area contributed by atoms with Crippen LogP contribution in [0.2, 0.25) is 0 Å². The van der Waals surface area contributed by atoms with Crippen LogP contribution in [0.1, 0.15) is 24.2 Å². The monoisotopic (exact) mass is 262 g/mol. The maximum Gasteiger partial charge on any atom is 0.257 e. The Balaban J connectivity index is 1.95. The molecule has 0 aliphatic carbocycles. The van der Waals surface area contributed by atoms with Crippen molar-refractivity contribution in [3.63, 3.8) is 0 Å². The third-order valence-corrected chi connectivity index (χ3v) is 3.35. The molecule has 1 aliphatic heterocycles. The Kier molecular flexibility index (Phi) is 4.37. The van der Waals surface area contributed by atoms with E-state index in [1.54, 1.807) is 18.3 Å². The van der Waals surface area contributed by atoms with Crippen molar-refractivity contribution in [2.75, 3.05) is 38.5 Å². The van der Waals surface area contributed by atoms with E-state index in [9.17, 15) is 4.79 Å². The van der Waals surface area contributed by atoms with Crippen LogP contribution in [0.3, 0.4) is 0 Å². The third kappa shape index (κ3) is 3.44. The molecule has 1 saturated heterocycles. The predicted molar refractivity (Wildman–Crippen MR) is 75.8 cm³/mol. The second kappa shape index (κ2) is 6.02. The number of hydrogen-bond acceptors (Lipinski definition) is 4. The molecular formula is C14H22N4O. The number of carbonyl (C=O) groups is 1. The van der Waals surface area contributed by atoms with Crippen molar-refractivity contribution in [1.82, 2.24) is 14.8 Å². The number of amides is 1. The number of anilines is 1. The van der Waals surface area contributed by atoms with Crippen molar-refractivity contribution in [2.45, 2.75) is 13.8 Å². The lowest BCUT2D eigenvalue weighted by Gasteiger charge is -2.35. The number of pyridine rings is 1.